The molecule has 3 N–H and O–H groups in total. The maximum absolute atomic E-state index is 12.1. The number of anilines is 1. The van der Waals surface area contributed by atoms with Gasteiger partial charge in [0.25, 0.3) is 0 Å². The molecule has 0 saturated heterocycles. The van der Waals surface area contributed by atoms with Gasteiger partial charge >= 0.3 is 5.97 Å². The Morgan fingerprint density at radius 2 is 2.15 bits per heavy atom. The summed E-state index contributed by atoms with van der Waals surface area (Å²) in [5, 5.41) is 5.08. The zero-order chi connectivity index (χ0) is 14.6. The van der Waals surface area contributed by atoms with Crippen LogP contribution in [0.2, 0.25) is 0 Å². The standard InChI is InChI=1S/C14H20N2O3S/c1-2-19-13(18)10-5-8-20-12(10)16-11(17)9-14(15)6-3-4-7-14/h5,8H,2-4,6-7,9,15H2,1H3,(H,16,17). The highest BCUT2D eigenvalue weighted by atomic mass is 32.1. The van der Waals surface area contributed by atoms with E-state index in [2.05, 4.69) is 5.32 Å². The second kappa shape index (κ2) is 6.37. The number of amides is 1. The van der Waals surface area contributed by atoms with Gasteiger partial charge in [-0.05, 0) is 31.2 Å². The predicted octanol–water partition coefficient (Wildman–Crippen LogP) is 2.52. The summed E-state index contributed by atoms with van der Waals surface area (Å²) in [5.74, 6) is -0.547. The van der Waals surface area contributed by atoms with Gasteiger partial charge in [-0.15, -0.1) is 11.3 Å². The first kappa shape index (κ1) is 15.0. The number of esters is 1. The van der Waals surface area contributed by atoms with Crippen LogP contribution in [0.3, 0.4) is 0 Å². The van der Waals surface area contributed by atoms with Crippen molar-refractivity contribution in [3.05, 3.63) is 17.0 Å². The summed E-state index contributed by atoms with van der Waals surface area (Å²) in [7, 11) is 0. The Hall–Kier alpha value is -1.40. The van der Waals surface area contributed by atoms with Crippen LogP contribution in [-0.4, -0.2) is 24.0 Å². The van der Waals surface area contributed by atoms with Crippen molar-refractivity contribution in [3.8, 4) is 0 Å². The largest absolute Gasteiger partial charge is 0.462 e. The van der Waals surface area contributed by atoms with Gasteiger partial charge in [0.2, 0.25) is 5.91 Å². The van der Waals surface area contributed by atoms with E-state index in [0.29, 0.717) is 23.6 Å². The highest BCUT2D eigenvalue weighted by Crippen LogP contribution is 2.31. The van der Waals surface area contributed by atoms with Crippen molar-refractivity contribution in [2.75, 3.05) is 11.9 Å². The highest BCUT2D eigenvalue weighted by molar-refractivity contribution is 7.14. The van der Waals surface area contributed by atoms with E-state index in [9.17, 15) is 9.59 Å². The molecule has 1 fully saturated rings. The van der Waals surface area contributed by atoms with Crippen molar-refractivity contribution in [3.63, 3.8) is 0 Å². The third-order valence-electron chi connectivity index (χ3n) is 3.53. The van der Waals surface area contributed by atoms with Crippen LogP contribution in [0.1, 0.15) is 49.4 Å². The van der Waals surface area contributed by atoms with Gasteiger partial charge in [0, 0.05) is 12.0 Å². The molecule has 0 radical (unpaired) electrons. The van der Waals surface area contributed by atoms with Crippen molar-refractivity contribution >= 4 is 28.2 Å². The van der Waals surface area contributed by atoms with E-state index in [1.807, 2.05) is 0 Å². The molecular weight excluding hydrogens is 276 g/mol. The van der Waals surface area contributed by atoms with Crippen LogP contribution in [0.25, 0.3) is 0 Å². The molecule has 0 aliphatic heterocycles. The van der Waals surface area contributed by atoms with E-state index in [1.165, 1.54) is 11.3 Å². The van der Waals surface area contributed by atoms with Gasteiger partial charge in [-0.1, -0.05) is 12.8 Å². The highest BCUT2D eigenvalue weighted by Gasteiger charge is 2.32. The number of carbonyl (C=O) groups is 2. The van der Waals surface area contributed by atoms with Gasteiger partial charge in [0.05, 0.1) is 12.2 Å². The zero-order valence-corrected chi connectivity index (χ0v) is 12.4. The fourth-order valence-corrected chi connectivity index (χ4v) is 3.31. The molecule has 110 valence electrons. The minimum absolute atomic E-state index is 0.137. The van der Waals surface area contributed by atoms with E-state index in [-0.39, 0.29) is 11.4 Å². The molecule has 2 rings (SSSR count). The van der Waals surface area contributed by atoms with Gasteiger partial charge in [0.1, 0.15) is 5.00 Å². The summed E-state index contributed by atoms with van der Waals surface area (Å²) in [6.07, 6.45) is 4.23. The van der Waals surface area contributed by atoms with Crippen LogP contribution >= 0.6 is 11.3 Å². The smallest absolute Gasteiger partial charge is 0.341 e. The van der Waals surface area contributed by atoms with Gasteiger partial charge in [-0.25, -0.2) is 4.79 Å². The monoisotopic (exact) mass is 296 g/mol. The van der Waals surface area contributed by atoms with Crippen LogP contribution in [0, 0.1) is 0 Å². The van der Waals surface area contributed by atoms with Crippen LogP contribution in [-0.2, 0) is 9.53 Å². The third-order valence-corrected chi connectivity index (χ3v) is 4.36. The summed E-state index contributed by atoms with van der Waals surface area (Å²) in [4.78, 5) is 23.8. The van der Waals surface area contributed by atoms with Crippen LogP contribution < -0.4 is 11.1 Å². The van der Waals surface area contributed by atoms with Crippen molar-refractivity contribution in [2.45, 2.75) is 44.6 Å². The quantitative estimate of drug-likeness (QED) is 0.818. The van der Waals surface area contributed by atoms with E-state index >= 15 is 0 Å². The van der Waals surface area contributed by atoms with Gasteiger partial charge in [-0.2, -0.15) is 0 Å². The molecule has 1 aliphatic rings. The Bertz CT molecular complexity index is 492. The molecule has 0 unspecified atom stereocenters. The maximum atomic E-state index is 12.1. The molecule has 0 aromatic carbocycles. The van der Waals surface area contributed by atoms with Crippen LogP contribution in [0.5, 0.6) is 0 Å². The third kappa shape index (κ3) is 3.58. The van der Waals surface area contributed by atoms with Crippen LogP contribution in [0.4, 0.5) is 5.00 Å². The number of hydrogen-bond acceptors (Lipinski definition) is 5. The van der Waals surface area contributed by atoms with Crippen molar-refractivity contribution in [1.82, 2.24) is 0 Å². The normalized spacial score (nSPS) is 16.9. The number of nitrogens with two attached hydrogens (primary N) is 1. The number of hydrogen-bond donors (Lipinski definition) is 2. The number of ether oxygens (including phenoxy) is 1. The molecule has 1 heterocycles. The molecule has 0 bridgehead atoms. The average molecular weight is 296 g/mol. The zero-order valence-electron chi connectivity index (χ0n) is 11.6. The van der Waals surface area contributed by atoms with Gasteiger partial charge < -0.3 is 15.8 Å². The molecule has 1 saturated carbocycles. The Kier molecular flexibility index (Phi) is 4.77. The molecule has 0 atom stereocenters. The molecule has 6 heteroatoms. The second-order valence-corrected chi connectivity index (χ2v) is 6.09. The summed E-state index contributed by atoms with van der Waals surface area (Å²) in [6, 6.07) is 1.66. The van der Waals surface area contributed by atoms with Gasteiger partial charge in [0.15, 0.2) is 0 Å². The lowest BCUT2D eigenvalue weighted by Crippen LogP contribution is -2.40. The summed E-state index contributed by atoms with van der Waals surface area (Å²) >= 11 is 1.32. The first-order valence-corrected chi connectivity index (χ1v) is 7.75. The summed E-state index contributed by atoms with van der Waals surface area (Å²) in [6.45, 7) is 2.06. The lowest BCUT2D eigenvalue weighted by Gasteiger charge is -2.22. The number of nitrogens with one attached hydrogen (secondary N) is 1. The lowest BCUT2D eigenvalue weighted by atomic mass is 9.94. The molecular formula is C14H20N2O3S. The minimum atomic E-state index is -0.410. The Balaban J connectivity index is 1.98. The number of thiophene rings is 1. The predicted molar refractivity (Wildman–Crippen MR) is 78.9 cm³/mol. The average Bonchev–Trinajstić information content (AvgIpc) is 2.98. The molecule has 0 spiro atoms. The molecule has 1 aromatic rings. The van der Waals surface area contributed by atoms with Crippen molar-refractivity contribution in [2.24, 2.45) is 5.73 Å². The number of rotatable bonds is 5. The lowest BCUT2D eigenvalue weighted by molar-refractivity contribution is -0.117. The van der Waals surface area contributed by atoms with E-state index in [1.54, 1.807) is 18.4 Å². The Morgan fingerprint density at radius 3 is 2.80 bits per heavy atom. The number of carbonyl (C=O) groups excluding carboxylic acids is 2. The van der Waals surface area contributed by atoms with E-state index in [0.717, 1.165) is 25.7 Å². The fourth-order valence-electron chi connectivity index (χ4n) is 2.52. The first-order chi connectivity index (χ1) is 9.54. The molecule has 1 amide bonds. The first-order valence-electron chi connectivity index (χ1n) is 6.87. The van der Waals surface area contributed by atoms with E-state index in [4.69, 9.17) is 10.5 Å². The molecule has 5 nitrogen and oxygen atoms in total. The van der Waals surface area contributed by atoms with Crippen molar-refractivity contribution < 1.29 is 14.3 Å². The SMILES string of the molecule is CCOC(=O)c1ccsc1NC(=O)CC1(N)CCCC1. The molecule has 1 aliphatic carbocycles. The Morgan fingerprint density at radius 1 is 1.45 bits per heavy atom. The fraction of sp³-hybridized carbons (Fsp3) is 0.571. The second-order valence-electron chi connectivity index (χ2n) is 5.18. The molecule has 20 heavy (non-hydrogen) atoms. The Labute approximate surface area is 122 Å². The minimum Gasteiger partial charge on any atom is -0.462 e. The topological polar surface area (TPSA) is 81.4 Å². The van der Waals surface area contributed by atoms with Crippen LogP contribution in [0.15, 0.2) is 11.4 Å². The molecule has 1 aromatic heterocycles. The summed E-state index contributed by atoms with van der Waals surface area (Å²) < 4.78 is 4.95. The van der Waals surface area contributed by atoms with Gasteiger partial charge in [-0.3, -0.25) is 4.79 Å². The maximum Gasteiger partial charge on any atom is 0.341 e. The summed E-state index contributed by atoms with van der Waals surface area (Å²) in [5.41, 5.74) is 6.21. The van der Waals surface area contributed by atoms with E-state index < -0.39 is 5.97 Å². The van der Waals surface area contributed by atoms with Crippen molar-refractivity contribution in [1.29, 1.82) is 0 Å².